The average Bonchev–Trinajstić information content (AvgIpc) is 2.35. The van der Waals surface area contributed by atoms with Gasteiger partial charge in [-0.3, -0.25) is 0 Å². The molecule has 18 heavy (non-hydrogen) atoms. The van der Waals surface area contributed by atoms with E-state index in [2.05, 4.69) is 21.2 Å². The van der Waals surface area contributed by atoms with Gasteiger partial charge in [0, 0.05) is 17.6 Å². The highest BCUT2D eigenvalue weighted by atomic mass is 79.9. The maximum absolute atomic E-state index is 8.75. The largest absolute Gasteiger partial charge is 0.490 e. The van der Waals surface area contributed by atoms with Crippen LogP contribution in [0.15, 0.2) is 16.6 Å². The van der Waals surface area contributed by atoms with Gasteiger partial charge in [-0.2, -0.15) is 0 Å². The summed E-state index contributed by atoms with van der Waals surface area (Å²) in [5, 5.41) is 11.9. The second-order valence-electron chi connectivity index (χ2n) is 3.66. The van der Waals surface area contributed by atoms with Crippen LogP contribution in [-0.4, -0.2) is 31.5 Å². The van der Waals surface area contributed by atoms with Crippen molar-refractivity contribution in [2.24, 2.45) is 0 Å². The molecular weight excluding hydrogens is 298 g/mol. The van der Waals surface area contributed by atoms with E-state index in [1.807, 2.05) is 26.0 Å². The Labute approximate surface area is 116 Å². The van der Waals surface area contributed by atoms with Gasteiger partial charge in [0.15, 0.2) is 11.5 Å². The summed E-state index contributed by atoms with van der Waals surface area (Å²) in [6.07, 6.45) is 0. The van der Waals surface area contributed by atoms with Crippen molar-refractivity contribution in [3.8, 4) is 11.5 Å². The number of aliphatic hydroxyl groups is 1. The molecule has 0 bridgehead atoms. The van der Waals surface area contributed by atoms with E-state index in [1.54, 1.807) is 0 Å². The molecular formula is C13H20BrNO3. The van der Waals surface area contributed by atoms with Gasteiger partial charge in [-0.25, -0.2) is 0 Å². The van der Waals surface area contributed by atoms with E-state index >= 15 is 0 Å². The number of aliphatic hydroxyl groups excluding tert-OH is 1. The van der Waals surface area contributed by atoms with Crippen molar-refractivity contribution in [3.05, 3.63) is 22.2 Å². The van der Waals surface area contributed by atoms with Crippen LogP contribution in [0.2, 0.25) is 0 Å². The monoisotopic (exact) mass is 317 g/mol. The highest BCUT2D eigenvalue weighted by Crippen LogP contribution is 2.33. The average molecular weight is 318 g/mol. The van der Waals surface area contributed by atoms with Crippen molar-refractivity contribution in [1.82, 2.24) is 5.32 Å². The molecule has 0 aliphatic heterocycles. The highest BCUT2D eigenvalue weighted by molar-refractivity contribution is 9.10. The maximum atomic E-state index is 8.75. The third-order valence-electron chi connectivity index (χ3n) is 2.32. The lowest BCUT2D eigenvalue weighted by Gasteiger charge is -2.14. The normalized spacial score (nSPS) is 10.4. The Morgan fingerprint density at radius 2 is 1.78 bits per heavy atom. The number of halogens is 1. The quantitative estimate of drug-likeness (QED) is 0.723. The molecule has 0 amide bonds. The van der Waals surface area contributed by atoms with Crippen molar-refractivity contribution in [1.29, 1.82) is 0 Å². The predicted octanol–water partition coefficient (Wildman–Crippen LogP) is 2.33. The summed E-state index contributed by atoms with van der Waals surface area (Å²) >= 11 is 3.52. The van der Waals surface area contributed by atoms with Crippen molar-refractivity contribution < 1.29 is 14.6 Å². The first-order chi connectivity index (χ1) is 8.72. The Bertz CT molecular complexity index is 371. The van der Waals surface area contributed by atoms with Crippen molar-refractivity contribution >= 4 is 15.9 Å². The van der Waals surface area contributed by atoms with E-state index in [0.717, 1.165) is 21.5 Å². The fraction of sp³-hybridized carbons (Fsp3) is 0.538. The smallest absolute Gasteiger partial charge is 0.162 e. The van der Waals surface area contributed by atoms with E-state index < -0.39 is 0 Å². The molecule has 102 valence electrons. The maximum Gasteiger partial charge on any atom is 0.162 e. The van der Waals surface area contributed by atoms with E-state index in [-0.39, 0.29) is 6.61 Å². The van der Waals surface area contributed by atoms with Crippen LogP contribution in [0.5, 0.6) is 11.5 Å². The van der Waals surface area contributed by atoms with Crippen LogP contribution in [-0.2, 0) is 6.54 Å². The van der Waals surface area contributed by atoms with Gasteiger partial charge in [0.25, 0.3) is 0 Å². The fourth-order valence-corrected chi connectivity index (χ4v) is 2.01. The predicted molar refractivity (Wildman–Crippen MR) is 75.3 cm³/mol. The number of rotatable bonds is 8. The van der Waals surface area contributed by atoms with E-state index in [0.29, 0.717) is 26.3 Å². The lowest BCUT2D eigenvalue weighted by Crippen LogP contribution is -2.17. The molecule has 4 nitrogen and oxygen atoms in total. The lowest BCUT2D eigenvalue weighted by molar-refractivity contribution is 0.286. The summed E-state index contributed by atoms with van der Waals surface area (Å²) in [5.74, 6) is 1.50. The molecule has 0 atom stereocenters. The number of hydrogen-bond donors (Lipinski definition) is 2. The van der Waals surface area contributed by atoms with E-state index in [4.69, 9.17) is 14.6 Å². The summed E-state index contributed by atoms with van der Waals surface area (Å²) in [6.45, 7) is 6.48. The third-order valence-corrected chi connectivity index (χ3v) is 3.05. The van der Waals surface area contributed by atoms with Gasteiger partial charge in [-0.05, 0) is 31.5 Å². The first-order valence-corrected chi connectivity index (χ1v) is 6.91. The standard InChI is InChI=1S/C13H20BrNO3/c1-3-17-12-7-10(9-15-5-6-16)11(14)8-13(12)18-4-2/h7-8,15-16H,3-6,9H2,1-2H3. The molecule has 0 spiro atoms. The molecule has 1 aromatic carbocycles. The Morgan fingerprint density at radius 1 is 1.17 bits per heavy atom. The van der Waals surface area contributed by atoms with Crippen molar-refractivity contribution in [3.63, 3.8) is 0 Å². The van der Waals surface area contributed by atoms with Crippen LogP contribution in [0.3, 0.4) is 0 Å². The van der Waals surface area contributed by atoms with E-state index in [1.165, 1.54) is 0 Å². The van der Waals surface area contributed by atoms with Crippen LogP contribution in [0.4, 0.5) is 0 Å². The summed E-state index contributed by atoms with van der Waals surface area (Å²) in [4.78, 5) is 0. The first kappa shape index (κ1) is 15.3. The summed E-state index contributed by atoms with van der Waals surface area (Å²) < 4.78 is 12.1. The second kappa shape index (κ2) is 8.34. The SMILES string of the molecule is CCOc1cc(Br)c(CNCCO)cc1OCC. The second-order valence-corrected chi connectivity index (χ2v) is 4.51. The molecule has 0 saturated heterocycles. The highest BCUT2D eigenvalue weighted by Gasteiger charge is 2.10. The molecule has 0 aromatic heterocycles. The molecule has 5 heteroatoms. The Balaban J connectivity index is 2.87. The van der Waals surface area contributed by atoms with Crippen molar-refractivity contribution in [2.75, 3.05) is 26.4 Å². The molecule has 0 radical (unpaired) electrons. The Hall–Kier alpha value is -0.780. The molecule has 1 rings (SSSR count). The van der Waals surface area contributed by atoms with Gasteiger partial charge in [-0.15, -0.1) is 0 Å². The minimum atomic E-state index is 0.132. The topological polar surface area (TPSA) is 50.7 Å². The Morgan fingerprint density at radius 3 is 2.33 bits per heavy atom. The molecule has 0 aliphatic rings. The fourth-order valence-electron chi connectivity index (χ4n) is 1.55. The van der Waals surface area contributed by atoms with Gasteiger partial charge in [0.2, 0.25) is 0 Å². The van der Waals surface area contributed by atoms with Gasteiger partial charge in [0.1, 0.15) is 0 Å². The number of hydrogen-bond acceptors (Lipinski definition) is 4. The number of benzene rings is 1. The Kier molecular flexibility index (Phi) is 7.08. The van der Waals surface area contributed by atoms with Gasteiger partial charge in [-0.1, -0.05) is 15.9 Å². The zero-order valence-electron chi connectivity index (χ0n) is 10.8. The van der Waals surface area contributed by atoms with Crippen LogP contribution in [0.1, 0.15) is 19.4 Å². The number of nitrogens with one attached hydrogen (secondary N) is 1. The molecule has 0 aliphatic carbocycles. The summed E-state index contributed by atoms with van der Waals surface area (Å²) in [5.41, 5.74) is 1.08. The lowest BCUT2D eigenvalue weighted by atomic mass is 10.2. The minimum Gasteiger partial charge on any atom is -0.490 e. The minimum absolute atomic E-state index is 0.132. The number of ether oxygens (including phenoxy) is 2. The van der Waals surface area contributed by atoms with Crippen LogP contribution >= 0.6 is 15.9 Å². The van der Waals surface area contributed by atoms with Crippen molar-refractivity contribution in [2.45, 2.75) is 20.4 Å². The zero-order valence-corrected chi connectivity index (χ0v) is 12.4. The van der Waals surface area contributed by atoms with Gasteiger partial charge >= 0.3 is 0 Å². The molecule has 0 fully saturated rings. The molecule has 1 aromatic rings. The summed E-state index contributed by atoms with van der Waals surface area (Å²) in [6, 6.07) is 3.88. The zero-order chi connectivity index (χ0) is 13.4. The van der Waals surface area contributed by atoms with Gasteiger partial charge in [0.05, 0.1) is 19.8 Å². The van der Waals surface area contributed by atoms with E-state index in [9.17, 15) is 0 Å². The molecule has 0 unspecified atom stereocenters. The first-order valence-electron chi connectivity index (χ1n) is 6.12. The summed E-state index contributed by atoms with van der Waals surface area (Å²) in [7, 11) is 0. The van der Waals surface area contributed by atoms with Gasteiger partial charge < -0.3 is 19.9 Å². The van der Waals surface area contributed by atoms with Crippen LogP contribution < -0.4 is 14.8 Å². The molecule has 0 heterocycles. The third kappa shape index (κ3) is 4.48. The molecule has 2 N–H and O–H groups in total. The molecule has 0 saturated carbocycles. The van der Waals surface area contributed by atoms with Crippen LogP contribution in [0, 0.1) is 0 Å². The van der Waals surface area contributed by atoms with Crippen LogP contribution in [0.25, 0.3) is 0 Å².